The molecule has 1 atom stereocenters. The highest BCUT2D eigenvalue weighted by molar-refractivity contribution is 7.21. The van der Waals surface area contributed by atoms with Crippen LogP contribution in [0.3, 0.4) is 0 Å². The van der Waals surface area contributed by atoms with Crippen LogP contribution in [0, 0.1) is 20.8 Å². The van der Waals surface area contributed by atoms with Crippen molar-refractivity contribution in [2.45, 2.75) is 39.7 Å². The highest BCUT2D eigenvalue weighted by atomic mass is 32.1. The molecule has 0 spiro atoms. The molecule has 1 unspecified atom stereocenters. The average molecular weight is 456 g/mol. The molecule has 160 valence electrons. The van der Waals surface area contributed by atoms with Gasteiger partial charge in [-0.05, 0) is 85.7 Å². The standard InChI is InChI=1S/C27H25N3S2/c1-15-6-5-7-23-20(15)8-9-22(30(23)4)18-10-16(2)25-24(13-18)32-27(29-25)19-11-17(3)26-21(12-19)28-14-31-26/h5-7,10-14,22H,8-9H2,1-4H3. The van der Waals surface area contributed by atoms with Gasteiger partial charge in [0.15, 0.2) is 0 Å². The third-order valence-electron chi connectivity index (χ3n) is 6.86. The van der Waals surface area contributed by atoms with Crippen molar-refractivity contribution >= 4 is 48.8 Å². The zero-order valence-electron chi connectivity index (χ0n) is 18.8. The molecule has 5 heteroatoms. The number of aromatic nitrogens is 2. The van der Waals surface area contributed by atoms with Crippen LogP contribution in [0.2, 0.25) is 0 Å². The highest BCUT2D eigenvalue weighted by Crippen LogP contribution is 2.41. The predicted octanol–water partition coefficient (Wildman–Crippen LogP) is 7.62. The van der Waals surface area contributed by atoms with E-state index in [0.717, 1.165) is 28.9 Å². The maximum absolute atomic E-state index is 5.05. The summed E-state index contributed by atoms with van der Waals surface area (Å²) in [4.78, 5) is 12.0. The molecular formula is C27H25N3S2. The smallest absolute Gasteiger partial charge is 0.124 e. The Morgan fingerprint density at radius 3 is 2.75 bits per heavy atom. The van der Waals surface area contributed by atoms with Gasteiger partial charge in [-0.25, -0.2) is 9.97 Å². The fourth-order valence-electron chi connectivity index (χ4n) is 5.18. The van der Waals surface area contributed by atoms with Gasteiger partial charge in [-0.3, -0.25) is 0 Å². The summed E-state index contributed by atoms with van der Waals surface area (Å²) in [7, 11) is 2.24. The van der Waals surface area contributed by atoms with Crippen LogP contribution in [-0.2, 0) is 6.42 Å². The van der Waals surface area contributed by atoms with Gasteiger partial charge in [0, 0.05) is 18.3 Å². The Morgan fingerprint density at radius 2 is 1.88 bits per heavy atom. The molecule has 0 aliphatic carbocycles. The van der Waals surface area contributed by atoms with Crippen molar-refractivity contribution in [1.29, 1.82) is 0 Å². The van der Waals surface area contributed by atoms with Crippen LogP contribution in [-0.4, -0.2) is 17.0 Å². The van der Waals surface area contributed by atoms with Crippen LogP contribution in [0.15, 0.2) is 48.0 Å². The Balaban J connectivity index is 1.42. The van der Waals surface area contributed by atoms with Gasteiger partial charge in [0.2, 0.25) is 0 Å². The third kappa shape index (κ3) is 3.06. The van der Waals surface area contributed by atoms with Crippen LogP contribution in [0.1, 0.15) is 40.3 Å². The molecule has 0 saturated carbocycles. The predicted molar refractivity (Wildman–Crippen MR) is 138 cm³/mol. The normalized spacial score (nSPS) is 16.1. The van der Waals surface area contributed by atoms with Gasteiger partial charge < -0.3 is 4.90 Å². The van der Waals surface area contributed by atoms with Gasteiger partial charge in [0.25, 0.3) is 0 Å². The summed E-state index contributed by atoms with van der Waals surface area (Å²) >= 11 is 3.50. The molecule has 0 fully saturated rings. The van der Waals surface area contributed by atoms with Crippen LogP contribution in [0.25, 0.3) is 31.0 Å². The SMILES string of the molecule is Cc1cccc2c1CCC(c1cc(C)c3nc(-c4cc(C)c5scnc5c4)sc3c1)N2C. The molecule has 2 aromatic heterocycles. The van der Waals surface area contributed by atoms with Gasteiger partial charge in [0.05, 0.1) is 32.0 Å². The Morgan fingerprint density at radius 1 is 1.00 bits per heavy atom. The number of nitrogens with zero attached hydrogens (tertiary/aromatic N) is 3. The summed E-state index contributed by atoms with van der Waals surface area (Å²) in [6.07, 6.45) is 2.28. The lowest BCUT2D eigenvalue weighted by atomic mass is 9.89. The molecular weight excluding hydrogens is 430 g/mol. The van der Waals surface area contributed by atoms with Crippen molar-refractivity contribution in [3.05, 3.63) is 75.8 Å². The lowest BCUT2D eigenvalue weighted by molar-refractivity contribution is 0.583. The molecule has 1 aliphatic rings. The second-order valence-electron chi connectivity index (χ2n) is 8.94. The fraction of sp³-hybridized carbons (Fsp3) is 0.259. The summed E-state index contributed by atoms with van der Waals surface area (Å²) in [5.41, 5.74) is 13.5. The number of hydrogen-bond donors (Lipinski definition) is 0. The molecule has 6 rings (SSSR count). The van der Waals surface area contributed by atoms with E-state index in [0.29, 0.717) is 6.04 Å². The molecule has 3 heterocycles. The second kappa shape index (κ2) is 7.39. The molecule has 0 saturated heterocycles. The first-order valence-electron chi connectivity index (χ1n) is 11.1. The van der Waals surface area contributed by atoms with E-state index in [1.54, 1.807) is 22.7 Å². The van der Waals surface area contributed by atoms with E-state index in [9.17, 15) is 0 Å². The van der Waals surface area contributed by atoms with Gasteiger partial charge in [0.1, 0.15) is 5.01 Å². The summed E-state index contributed by atoms with van der Waals surface area (Å²) in [5.74, 6) is 0. The first-order valence-corrected chi connectivity index (χ1v) is 12.8. The van der Waals surface area contributed by atoms with Crippen molar-refractivity contribution in [2.75, 3.05) is 11.9 Å². The van der Waals surface area contributed by atoms with Crippen molar-refractivity contribution < 1.29 is 0 Å². The van der Waals surface area contributed by atoms with Crippen LogP contribution in [0.4, 0.5) is 5.69 Å². The number of hydrogen-bond acceptors (Lipinski definition) is 5. The minimum absolute atomic E-state index is 0.395. The summed E-state index contributed by atoms with van der Waals surface area (Å²) in [6.45, 7) is 6.59. The molecule has 0 amide bonds. The van der Waals surface area contributed by atoms with Crippen LogP contribution < -0.4 is 4.90 Å². The Hall–Kier alpha value is -2.76. The van der Waals surface area contributed by atoms with Crippen molar-refractivity contribution in [3.8, 4) is 10.6 Å². The second-order valence-corrected chi connectivity index (χ2v) is 10.8. The monoisotopic (exact) mass is 455 g/mol. The Labute approximate surface area is 196 Å². The quantitative estimate of drug-likeness (QED) is 0.274. The number of benzene rings is 3. The van der Waals surface area contributed by atoms with Gasteiger partial charge >= 0.3 is 0 Å². The third-order valence-corrected chi connectivity index (χ3v) is 8.89. The molecule has 0 N–H and O–H groups in total. The van der Waals surface area contributed by atoms with Crippen LogP contribution in [0.5, 0.6) is 0 Å². The van der Waals surface area contributed by atoms with Crippen molar-refractivity contribution in [1.82, 2.24) is 9.97 Å². The largest absolute Gasteiger partial charge is 0.367 e. The minimum Gasteiger partial charge on any atom is -0.367 e. The van der Waals surface area contributed by atoms with Crippen molar-refractivity contribution in [3.63, 3.8) is 0 Å². The fourth-order valence-corrected chi connectivity index (χ4v) is 7.01. The van der Waals surface area contributed by atoms with E-state index < -0.39 is 0 Å². The maximum atomic E-state index is 5.05. The number of rotatable bonds is 2. The number of fused-ring (bicyclic) bond motifs is 3. The Kier molecular flexibility index (Phi) is 4.60. The van der Waals surface area contributed by atoms with E-state index >= 15 is 0 Å². The lowest BCUT2D eigenvalue weighted by Crippen LogP contribution is -2.29. The van der Waals surface area contributed by atoms with E-state index in [2.05, 4.69) is 80.2 Å². The molecule has 32 heavy (non-hydrogen) atoms. The number of thiazole rings is 2. The molecule has 0 bridgehead atoms. The maximum Gasteiger partial charge on any atom is 0.124 e. The molecule has 3 aromatic carbocycles. The van der Waals surface area contributed by atoms with E-state index in [-0.39, 0.29) is 0 Å². The van der Waals surface area contributed by atoms with Crippen molar-refractivity contribution in [2.24, 2.45) is 0 Å². The topological polar surface area (TPSA) is 29.0 Å². The molecule has 0 radical (unpaired) electrons. The minimum atomic E-state index is 0.395. The van der Waals surface area contributed by atoms with Gasteiger partial charge in [-0.2, -0.15) is 0 Å². The number of anilines is 1. The average Bonchev–Trinajstić information content (AvgIpc) is 3.42. The first-order chi connectivity index (χ1) is 15.5. The van der Waals surface area contributed by atoms with Gasteiger partial charge in [-0.1, -0.05) is 18.2 Å². The number of aryl methyl sites for hydroxylation is 3. The summed E-state index contributed by atoms with van der Waals surface area (Å²) < 4.78 is 2.54. The Bertz CT molecular complexity index is 1490. The molecule has 5 aromatic rings. The van der Waals surface area contributed by atoms with E-state index in [4.69, 9.17) is 4.98 Å². The van der Waals surface area contributed by atoms with E-state index in [1.165, 1.54) is 48.5 Å². The summed E-state index contributed by atoms with van der Waals surface area (Å²) in [5, 5.41) is 1.08. The zero-order valence-corrected chi connectivity index (χ0v) is 20.4. The highest BCUT2D eigenvalue weighted by Gasteiger charge is 2.26. The lowest BCUT2D eigenvalue weighted by Gasteiger charge is -2.37. The van der Waals surface area contributed by atoms with Gasteiger partial charge in [-0.15, -0.1) is 22.7 Å². The summed E-state index contributed by atoms with van der Waals surface area (Å²) in [6, 6.07) is 16.2. The first kappa shape index (κ1) is 19.9. The molecule has 1 aliphatic heterocycles. The van der Waals surface area contributed by atoms with E-state index in [1.807, 2.05) is 5.51 Å². The molecule has 3 nitrogen and oxygen atoms in total. The van der Waals surface area contributed by atoms with Crippen LogP contribution >= 0.6 is 22.7 Å². The zero-order chi connectivity index (χ0) is 22.0.